The molecule has 0 saturated heterocycles. The Morgan fingerprint density at radius 2 is 1.54 bits per heavy atom. The van der Waals surface area contributed by atoms with Crippen LogP contribution in [0, 0.1) is 0 Å². The van der Waals surface area contributed by atoms with Crippen molar-refractivity contribution in [3.05, 3.63) is 123 Å². The largest absolute Gasteiger partial charge is 0.497 e. The van der Waals surface area contributed by atoms with Crippen LogP contribution in [0.25, 0.3) is 0 Å². The number of benzene rings is 4. The molecule has 52 heavy (non-hydrogen) atoms. The van der Waals surface area contributed by atoms with Gasteiger partial charge in [0.2, 0.25) is 5.41 Å². The monoisotopic (exact) mass is 772 g/mol. The van der Waals surface area contributed by atoms with Crippen molar-refractivity contribution >= 4 is 45.6 Å². The van der Waals surface area contributed by atoms with Gasteiger partial charge in [-0.1, -0.05) is 60.7 Å². The fourth-order valence-electron chi connectivity index (χ4n) is 5.83. The molecule has 0 fully saturated rings. The molecule has 1 aliphatic rings. The summed E-state index contributed by atoms with van der Waals surface area (Å²) in [4.78, 5) is 54.9. The van der Waals surface area contributed by atoms with E-state index in [1.165, 1.54) is 0 Å². The Hall–Kier alpha value is -5.36. The lowest BCUT2D eigenvalue weighted by Crippen LogP contribution is -2.46. The number of halogens is 1. The highest BCUT2D eigenvalue weighted by atomic mass is 79.9. The van der Waals surface area contributed by atoms with Crippen LogP contribution in [0.2, 0.25) is 0 Å². The zero-order chi connectivity index (χ0) is 37.5. The summed E-state index contributed by atoms with van der Waals surface area (Å²) in [6, 6.07) is 25.4. The third-order valence-electron chi connectivity index (χ3n) is 8.22. The van der Waals surface area contributed by atoms with Gasteiger partial charge in [-0.3, -0.25) is 9.59 Å². The van der Waals surface area contributed by atoms with Gasteiger partial charge in [0.1, 0.15) is 36.4 Å². The molecule has 272 valence electrons. The van der Waals surface area contributed by atoms with E-state index in [4.69, 9.17) is 23.7 Å². The second kappa shape index (κ2) is 16.3. The van der Waals surface area contributed by atoms with E-state index in [1.807, 2.05) is 42.5 Å². The number of methoxy groups -OCH3 is 1. The third kappa shape index (κ3) is 8.56. The van der Waals surface area contributed by atoms with Crippen LogP contribution in [-0.4, -0.2) is 49.3 Å². The predicted molar refractivity (Wildman–Crippen MR) is 197 cm³/mol. The van der Waals surface area contributed by atoms with Crippen molar-refractivity contribution in [3.8, 4) is 11.5 Å². The van der Waals surface area contributed by atoms with Crippen LogP contribution in [0.15, 0.2) is 95.5 Å². The van der Waals surface area contributed by atoms with Gasteiger partial charge in [-0.2, -0.15) is 0 Å². The third-order valence-corrected chi connectivity index (χ3v) is 8.88. The molecule has 5 rings (SSSR count). The molecule has 0 spiro atoms. The zero-order valence-corrected chi connectivity index (χ0v) is 31.2. The standard InChI is InChI=1S/C40H41BrN2O9/c1-6-49-37(46)40(29-13-10-14-31(41)34(29)43-36(40)45)30-21-27(17-20-33(30)50-23-26-15-18-28(48-5)19-16-26)22-32(35(44)52-39(2,3)4)42-38(47)51-24-25-11-8-7-9-12-25/h7-21,32H,6,22-24H2,1-5H3,(H,42,47)(H,43,45)/t32-,40+/m0/s1. The molecule has 2 N–H and O–H groups in total. The molecule has 4 aromatic carbocycles. The number of anilines is 1. The van der Waals surface area contributed by atoms with E-state index in [1.54, 1.807) is 83.3 Å². The normalized spacial score (nSPS) is 15.5. The first-order valence-electron chi connectivity index (χ1n) is 16.7. The molecule has 0 saturated carbocycles. The van der Waals surface area contributed by atoms with E-state index < -0.39 is 41.0 Å². The van der Waals surface area contributed by atoms with Crippen LogP contribution in [0.4, 0.5) is 10.5 Å². The van der Waals surface area contributed by atoms with Gasteiger partial charge in [-0.25, -0.2) is 9.59 Å². The fourth-order valence-corrected chi connectivity index (χ4v) is 6.29. The Morgan fingerprint density at radius 3 is 2.21 bits per heavy atom. The average Bonchev–Trinajstić information content (AvgIpc) is 3.43. The summed E-state index contributed by atoms with van der Waals surface area (Å²) in [5.41, 5.74) is 0.207. The Kier molecular flexibility index (Phi) is 11.9. The molecule has 0 aliphatic carbocycles. The van der Waals surface area contributed by atoms with Gasteiger partial charge in [-0.05, 0) is 90.6 Å². The number of carbonyl (C=O) groups is 4. The van der Waals surface area contributed by atoms with Gasteiger partial charge in [-0.15, -0.1) is 0 Å². The van der Waals surface area contributed by atoms with E-state index >= 15 is 0 Å². The van der Waals surface area contributed by atoms with E-state index in [0.717, 1.165) is 11.1 Å². The molecule has 1 aliphatic heterocycles. The number of esters is 2. The Labute approximate surface area is 311 Å². The van der Waals surface area contributed by atoms with Crippen molar-refractivity contribution in [1.29, 1.82) is 0 Å². The van der Waals surface area contributed by atoms with Gasteiger partial charge in [0.15, 0.2) is 0 Å². The van der Waals surface area contributed by atoms with Crippen LogP contribution in [-0.2, 0) is 53.6 Å². The summed E-state index contributed by atoms with van der Waals surface area (Å²) in [5.74, 6) is -1.22. The topological polar surface area (TPSA) is 138 Å². The molecule has 0 radical (unpaired) electrons. The number of carbonyl (C=O) groups excluding carboxylic acids is 4. The van der Waals surface area contributed by atoms with Crippen LogP contribution >= 0.6 is 15.9 Å². The highest BCUT2D eigenvalue weighted by molar-refractivity contribution is 9.10. The number of alkyl carbamates (subject to hydrolysis) is 1. The molecular weight excluding hydrogens is 732 g/mol. The van der Waals surface area contributed by atoms with Gasteiger partial charge < -0.3 is 34.3 Å². The lowest BCUT2D eigenvalue weighted by atomic mass is 9.74. The number of rotatable bonds is 13. The van der Waals surface area contributed by atoms with E-state index in [-0.39, 0.29) is 37.6 Å². The summed E-state index contributed by atoms with van der Waals surface area (Å²) in [6.07, 6.45) is -0.899. The maximum Gasteiger partial charge on any atom is 0.408 e. The maximum absolute atomic E-state index is 14.2. The molecule has 4 aromatic rings. The van der Waals surface area contributed by atoms with Crippen molar-refractivity contribution in [3.63, 3.8) is 0 Å². The summed E-state index contributed by atoms with van der Waals surface area (Å²) >= 11 is 3.50. The quantitative estimate of drug-likeness (QED) is 0.0835. The lowest BCUT2D eigenvalue weighted by Gasteiger charge is -2.29. The number of amides is 2. The van der Waals surface area contributed by atoms with E-state index in [9.17, 15) is 19.2 Å². The molecule has 0 bridgehead atoms. The van der Waals surface area contributed by atoms with Crippen molar-refractivity contribution in [2.45, 2.75) is 64.4 Å². The number of hydrogen-bond acceptors (Lipinski definition) is 9. The zero-order valence-electron chi connectivity index (χ0n) is 29.6. The molecule has 11 nitrogen and oxygen atoms in total. The molecule has 2 atom stereocenters. The van der Waals surface area contributed by atoms with Crippen LogP contribution < -0.4 is 20.1 Å². The van der Waals surface area contributed by atoms with Gasteiger partial charge in [0.05, 0.1) is 19.4 Å². The molecule has 2 amide bonds. The smallest absolute Gasteiger partial charge is 0.408 e. The summed E-state index contributed by atoms with van der Waals surface area (Å²) in [7, 11) is 1.58. The van der Waals surface area contributed by atoms with Crippen molar-refractivity contribution < 1.29 is 42.9 Å². The SMILES string of the molecule is CCOC(=O)[C@]1(c2cc(C[C@H](NC(=O)OCc3ccccc3)C(=O)OC(C)(C)C)ccc2OCc2ccc(OC)cc2)C(=O)Nc2c(Br)cccc21. The maximum atomic E-state index is 14.2. The van der Waals surface area contributed by atoms with Crippen LogP contribution in [0.1, 0.15) is 55.5 Å². The highest BCUT2D eigenvalue weighted by Crippen LogP contribution is 2.49. The second-order valence-corrected chi connectivity index (χ2v) is 13.9. The average molecular weight is 774 g/mol. The number of fused-ring (bicyclic) bond motifs is 1. The summed E-state index contributed by atoms with van der Waals surface area (Å²) < 4.78 is 28.9. The van der Waals surface area contributed by atoms with Gasteiger partial charge in [0.25, 0.3) is 5.91 Å². The van der Waals surface area contributed by atoms with Gasteiger partial charge in [0, 0.05) is 22.0 Å². The number of ether oxygens (including phenoxy) is 5. The Balaban J connectivity index is 1.57. The summed E-state index contributed by atoms with van der Waals surface area (Å²) in [6.45, 7) is 6.92. The number of para-hydroxylation sites is 1. The van der Waals surface area contributed by atoms with Crippen molar-refractivity contribution in [2.75, 3.05) is 19.0 Å². The highest BCUT2D eigenvalue weighted by Gasteiger charge is 2.58. The van der Waals surface area contributed by atoms with Gasteiger partial charge >= 0.3 is 18.0 Å². The van der Waals surface area contributed by atoms with Crippen LogP contribution in [0.3, 0.4) is 0 Å². The first-order chi connectivity index (χ1) is 24.8. The first-order valence-corrected chi connectivity index (χ1v) is 17.5. The molecule has 12 heteroatoms. The Bertz CT molecular complexity index is 1930. The first kappa shape index (κ1) is 37.9. The van der Waals surface area contributed by atoms with E-state index in [0.29, 0.717) is 27.0 Å². The minimum atomic E-state index is -1.98. The minimum Gasteiger partial charge on any atom is -0.497 e. The fraction of sp³-hybridized carbons (Fsp3) is 0.300. The lowest BCUT2D eigenvalue weighted by molar-refractivity contribution is -0.157. The number of hydrogen-bond donors (Lipinski definition) is 2. The second-order valence-electron chi connectivity index (χ2n) is 13.1. The van der Waals surface area contributed by atoms with Crippen molar-refractivity contribution in [2.24, 2.45) is 0 Å². The molecular formula is C40H41BrN2O9. The van der Waals surface area contributed by atoms with Crippen LogP contribution in [0.5, 0.6) is 11.5 Å². The predicted octanol–water partition coefficient (Wildman–Crippen LogP) is 7.02. The summed E-state index contributed by atoms with van der Waals surface area (Å²) in [5, 5.41) is 5.51. The number of nitrogens with one attached hydrogen (secondary N) is 2. The molecule has 0 unspecified atom stereocenters. The van der Waals surface area contributed by atoms with E-state index in [2.05, 4.69) is 26.6 Å². The molecule has 0 aromatic heterocycles. The Morgan fingerprint density at radius 1 is 0.846 bits per heavy atom. The molecule has 1 heterocycles. The van der Waals surface area contributed by atoms with Crippen molar-refractivity contribution in [1.82, 2.24) is 5.32 Å². The minimum absolute atomic E-state index is 0.00859.